The molecule has 0 atom stereocenters. The van der Waals surface area contributed by atoms with E-state index in [0.717, 1.165) is 43.2 Å². The Morgan fingerprint density at radius 1 is 1.00 bits per heavy atom. The molecule has 1 amide bonds. The maximum atomic E-state index is 12.6. The fraction of sp³-hybridized carbons (Fsp3) is 0.182. The van der Waals surface area contributed by atoms with Gasteiger partial charge in [-0.05, 0) is 48.5 Å². The summed E-state index contributed by atoms with van der Waals surface area (Å²) in [5, 5.41) is 2.91. The zero-order valence-corrected chi connectivity index (χ0v) is 15.5. The summed E-state index contributed by atoms with van der Waals surface area (Å²) in [4.78, 5) is 19.4. The van der Waals surface area contributed by atoms with E-state index >= 15 is 0 Å². The van der Waals surface area contributed by atoms with E-state index in [-0.39, 0.29) is 5.91 Å². The Kier molecular flexibility index (Phi) is 5.21. The molecule has 0 saturated carbocycles. The third kappa shape index (κ3) is 4.13. The van der Waals surface area contributed by atoms with Crippen LogP contribution in [-0.4, -0.2) is 37.2 Å². The number of morpholine rings is 1. The van der Waals surface area contributed by atoms with Crippen LogP contribution in [0.5, 0.6) is 0 Å². The third-order valence-electron chi connectivity index (χ3n) is 4.67. The van der Waals surface area contributed by atoms with Crippen LogP contribution in [-0.2, 0) is 4.74 Å². The highest BCUT2D eigenvalue weighted by Gasteiger charge is 2.12. The van der Waals surface area contributed by atoms with Gasteiger partial charge in [-0.15, -0.1) is 0 Å². The number of nitrogens with zero attached hydrogens (tertiary/aromatic N) is 2. The average Bonchev–Trinajstić information content (AvgIpc) is 2.75. The van der Waals surface area contributed by atoms with Gasteiger partial charge in [0.1, 0.15) is 5.69 Å². The number of carbonyl (C=O) groups excluding carboxylic acids is 1. The largest absolute Gasteiger partial charge is 0.399 e. The molecule has 6 nitrogen and oxygen atoms in total. The molecule has 2 heterocycles. The molecule has 0 radical (unpaired) electrons. The fourth-order valence-corrected chi connectivity index (χ4v) is 3.19. The predicted octanol–water partition coefficient (Wildman–Crippen LogP) is 3.42. The lowest BCUT2D eigenvalue weighted by molar-refractivity contribution is 0.102. The maximum Gasteiger partial charge on any atom is 0.274 e. The van der Waals surface area contributed by atoms with E-state index in [1.807, 2.05) is 60.7 Å². The van der Waals surface area contributed by atoms with Crippen LogP contribution in [0, 0.1) is 0 Å². The minimum absolute atomic E-state index is 0.245. The zero-order valence-electron chi connectivity index (χ0n) is 15.5. The van der Waals surface area contributed by atoms with Gasteiger partial charge < -0.3 is 20.7 Å². The van der Waals surface area contributed by atoms with Gasteiger partial charge in [0.25, 0.3) is 5.91 Å². The highest BCUT2D eigenvalue weighted by atomic mass is 16.5. The first-order chi connectivity index (χ1) is 13.7. The van der Waals surface area contributed by atoms with E-state index < -0.39 is 0 Å². The number of nitrogens with one attached hydrogen (secondary N) is 1. The van der Waals surface area contributed by atoms with Crippen LogP contribution in [0.4, 0.5) is 17.1 Å². The Hall–Kier alpha value is -3.38. The van der Waals surface area contributed by atoms with Gasteiger partial charge in [0.2, 0.25) is 0 Å². The van der Waals surface area contributed by atoms with Crippen LogP contribution in [0.3, 0.4) is 0 Å². The van der Waals surface area contributed by atoms with E-state index in [2.05, 4.69) is 15.2 Å². The second-order valence-electron chi connectivity index (χ2n) is 6.63. The van der Waals surface area contributed by atoms with E-state index in [0.29, 0.717) is 17.1 Å². The smallest absolute Gasteiger partial charge is 0.274 e. The molecule has 2 aromatic carbocycles. The molecular weight excluding hydrogens is 352 g/mol. The van der Waals surface area contributed by atoms with Crippen LogP contribution >= 0.6 is 0 Å². The first-order valence-electron chi connectivity index (χ1n) is 9.26. The van der Waals surface area contributed by atoms with Gasteiger partial charge in [0.15, 0.2) is 0 Å². The minimum atomic E-state index is -0.245. The molecule has 3 N–H and O–H groups in total. The molecular formula is C22H22N4O2. The number of ether oxygens (including phenoxy) is 1. The standard InChI is InChI=1S/C22H22N4O2/c23-17-4-1-3-16(15-17)20-5-2-6-21(25-20)22(27)24-18-7-9-19(10-8-18)26-11-13-28-14-12-26/h1-10,15H,11-14,23H2,(H,24,27). The topological polar surface area (TPSA) is 80.5 Å². The lowest BCUT2D eigenvalue weighted by atomic mass is 10.1. The highest BCUT2D eigenvalue weighted by Crippen LogP contribution is 2.21. The van der Waals surface area contributed by atoms with Crippen molar-refractivity contribution in [3.63, 3.8) is 0 Å². The summed E-state index contributed by atoms with van der Waals surface area (Å²) in [6.07, 6.45) is 0. The number of nitrogens with two attached hydrogens (primary N) is 1. The van der Waals surface area contributed by atoms with Crippen LogP contribution in [0.25, 0.3) is 11.3 Å². The van der Waals surface area contributed by atoms with E-state index in [9.17, 15) is 4.79 Å². The molecule has 0 bridgehead atoms. The van der Waals surface area contributed by atoms with E-state index in [1.165, 1.54) is 0 Å². The number of pyridine rings is 1. The quantitative estimate of drug-likeness (QED) is 0.684. The number of carbonyl (C=O) groups is 1. The van der Waals surface area contributed by atoms with Gasteiger partial charge in [0, 0.05) is 35.7 Å². The molecule has 142 valence electrons. The third-order valence-corrected chi connectivity index (χ3v) is 4.67. The second kappa shape index (κ2) is 8.10. The molecule has 3 aromatic rings. The molecule has 0 spiro atoms. The lowest BCUT2D eigenvalue weighted by Crippen LogP contribution is -2.36. The fourth-order valence-electron chi connectivity index (χ4n) is 3.19. The molecule has 4 rings (SSSR count). The van der Waals surface area contributed by atoms with E-state index in [4.69, 9.17) is 10.5 Å². The Labute approximate surface area is 164 Å². The molecule has 1 aliphatic rings. The first kappa shape index (κ1) is 18.0. The van der Waals surface area contributed by atoms with Gasteiger partial charge in [-0.1, -0.05) is 18.2 Å². The number of hydrogen-bond acceptors (Lipinski definition) is 5. The summed E-state index contributed by atoms with van der Waals surface area (Å²) in [7, 11) is 0. The van der Waals surface area contributed by atoms with Crippen molar-refractivity contribution >= 4 is 23.0 Å². The summed E-state index contributed by atoms with van der Waals surface area (Å²) in [5.41, 5.74) is 10.3. The highest BCUT2D eigenvalue weighted by molar-refractivity contribution is 6.03. The van der Waals surface area contributed by atoms with Crippen LogP contribution in [0.15, 0.2) is 66.7 Å². The molecule has 28 heavy (non-hydrogen) atoms. The van der Waals surface area contributed by atoms with Crippen molar-refractivity contribution in [3.8, 4) is 11.3 Å². The Bertz CT molecular complexity index is 966. The van der Waals surface area contributed by atoms with Crippen molar-refractivity contribution in [2.24, 2.45) is 0 Å². The first-order valence-corrected chi connectivity index (χ1v) is 9.26. The molecule has 1 fully saturated rings. The van der Waals surface area contributed by atoms with Crippen molar-refractivity contribution in [3.05, 3.63) is 72.4 Å². The van der Waals surface area contributed by atoms with Crippen molar-refractivity contribution in [1.82, 2.24) is 4.98 Å². The number of amides is 1. The van der Waals surface area contributed by atoms with Crippen LogP contribution in [0.1, 0.15) is 10.5 Å². The van der Waals surface area contributed by atoms with Crippen molar-refractivity contribution in [2.45, 2.75) is 0 Å². The summed E-state index contributed by atoms with van der Waals surface area (Å²) in [6, 6.07) is 20.7. The minimum Gasteiger partial charge on any atom is -0.399 e. The maximum absolute atomic E-state index is 12.6. The van der Waals surface area contributed by atoms with Gasteiger partial charge in [-0.3, -0.25) is 4.79 Å². The van der Waals surface area contributed by atoms with Gasteiger partial charge >= 0.3 is 0 Å². The normalized spacial score (nSPS) is 13.9. The van der Waals surface area contributed by atoms with Crippen LogP contribution in [0.2, 0.25) is 0 Å². The Balaban J connectivity index is 1.47. The Morgan fingerprint density at radius 2 is 1.75 bits per heavy atom. The molecule has 6 heteroatoms. The number of aromatic nitrogens is 1. The molecule has 1 aromatic heterocycles. The number of nitrogen functional groups attached to an aromatic ring is 1. The SMILES string of the molecule is Nc1cccc(-c2cccc(C(=O)Nc3ccc(N4CCOCC4)cc3)n2)c1. The zero-order chi connectivity index (χ0) is 19.3. The van der Waals surface area contributed by atoms with Gasteiger partial charge in [-0.25, -0.2) is 4.98 Å². The second-order valence-corrected chi connectivity index (χ2v) is 6.63. The number of anilines is 3. The van der Waals surface area contributed by atoms with Crippen molar-refractivity contribution < 1.29 is 9.53 Å². The predicted molar refractivity (Wildman–Crippen MR) is 112 cm³/mol. The lowest BCUT2D eigenvalue weighted by Gasteiger charge is -2.28. The number of hydrogen-bond donors (Lipinski definition) is 2. The summed E-state index contributed by atoms with van der Waals surface area (Å²) in [5.74, 6) is -0.245. The summed E-state index contributed by atoms with van der Waals surface area (Å²) >= 11 is 0. The molecule has 0 unspecified atom stereocenters. The molecule has 1 aliphatic heterocycles. The van der Waals surface area contributed by atoms with Crippen molar-refractivity contribution in [2.75, 3.05) is 42.3 Å². The monoisotopic (exact) mass is 374 g/mol. The van der Waals surface area contributed by atoms with E-state index in [1.54, 1.807) is 6.07 Å². The summed E-state index contributed by atoms with van der Waals surface area (Å²) < 4.78 is 5.38. The number of benzene rings is 2. The molecule has 0 aliphatic carbocycles. The van der Waals surface area contributed by atoms with Gasteiger partial charge in [-0.2, -0.15) is 0 Å². The molecule has 1 saturated heterocycles. The van der Waals surface area contributed by atoms with Gasteiger partial charge in [0.05, 0.1) is 18.9 Å². The summed E-state index contributed by atoms with van der Waals surface area (Å²) in [6.45, 7) is 3.25. The average molecular weight is 374 g/mol. The number of rotatable bonds is 4. The van der Waals surface area contributed by atoms with Crippen molar-refractivity contribution in [1.29, 1.82) is 0 Å². The Morgan fingerprint density at radius 3 is 2.50 bits per heavy atom. The van der Waals surface area contributed by atoms with Crippen LogP contribution < -0.4 is 16.0 Å².